The van der Waals surface area contributed by atoms with Gasteiger partial charge in [0.2, 0.25) is 10.0 Å². The summed E-state index contributed by atoms with van der Waals surface area (Å²) >= 11 is 0. The molecule has 1 aliphatic rings. The van der Waals surface area contributed by atoms with Crippen molar-refractivity contribution in [3.05, 3.63) is 66.0 Å². The van der Waals surface area contributed by atoms with Gasteiger partial charge in [-0.3, -0.25) is 4.98 Å². The zero-order valence-electron chi connectivity index (χ0n) is 13.7. The third kappa shape index (κ3) is 4.63. The fraction of sp³-hybridized carbons (Fsp3) is 0.389. The molecule has 0 atom stereocenters. The van der Waals surface area contributed by atoms with Crippen LogP contribution in [0.5, 0.6) is 0 Å². The maximum atomic E-state index is 12.5. The van der Waals surface area contributed by atoms with E-state index >= 15 is 0 Å². The monoisotopic (exact) mass is 345 g/mol. The van der Waals surface area contributed by atoms with Crippen LogP contribution in [0.1, 0.15) is 11.1 Å². The molecule has 0 bridgehead atoms. The van der Waals surface area contributed by atoms with Gasteiger partial charge in [0.1, 0.15) is 0 Å². The Balaban J connectivity index is 1.49. The van der Waals surface area contributed by atoms with E-state index in [-0.39, 0.29) is 5.75 Å². The summed E-state index contributed by atoms with van der Waals surface area (Å²) in [5.74, 6) is 0.0882. The number of hydrogen-bond donors (Lipinski definition) is 0. The maximum Gasteiger partial charge on any atom is 0.218 e. The highest BCUT2D eigenvalue weighted by atomic mass is 32.2. The number of aromatic nitrogens is 1. The highest BCUT2D eigenvalue weighted by Crippen LogP contribution is 2.14. The summed E-state index contributed by atoms with van der Waals surface area (Å²) in [5, 5.41) is 0. The van der Waals surface area contributed by atoms with Crippen molar-refractivity contribution >= 4 is 10.0 Å². The van der Waals surface area contributed by atoms with Crippen molar-refractivity contribution in [3.8, 4) is 0 Å². The van der Waals surface area contributed by atoms with E-state index in [1.54, 1.807) is 4.31 Å². The van der Waals surface area contributed by atoms with E-state index in [2.05, 4.69) is 9.88 Å². The normalized spacial score (nSPS) is 17.0. The Hall–Kier alpha value is -1.76. The van der Waals surface area contributed by atoms with E-state index in [4.69, 9.17) is 0 Å². The highest BCUT2D eigenvalue weighted by Gasteiger charge is 2.26. The molecule has 0 N–H and O–H groups in total. The topological polar surface area (TPSA) is 53.5 Å². The lowest BCUT2D eigenvalue weighted by Gasteiger charge is -2.34. The Kier molecular flexibility index (Phi) is 5.60. The van der Waals surface area contributed by atoms with E-state index in [1.807, 2.05) is 54.9 Å². The predicted octanol–water partition coefficient (Wildman–Crippen LogP) is 1.77. The summed E-state index contributed by atoms with van der Waals surface area (Å²) in [6, 6.07) is 13.4. The van der Waals surface area contributed by atoms with Crippen molar-refractivity contribution in [2.45, 2.75) is 12.2 Å². The number of nitrogens with zero attached hydrogens (tertiary/aromatic N) is 3. The van der Waals surface area contributed by atoms with Crippen LogP contribution in [-0.2, 0) is 22.2 Å². The smallest absolute Gasteiger partial charge is 0.218 e. The number of hydrogen-bond acceptors (Lipinski definition) is 4. The molecule has 0 saturated carbocycles. The average Bonchev–Trinajstić information content (AvgIpc) is 2.62. The Morgan fingerprint density at radius 1 is 0.875 bits per heavy atom. The van der Waals surface area contributed by atoms with Gasteiger partial charge >= 0.3 is 0 Å². The summed E-state index contributed by atoms with van der Waals surface area (Å²) in [6.07, 6.45) is 4.59. The van der Waals surface area contributed by atoms with Crippen molar-refractivity contribution in [3.63, 3.8) is 0 Å². The van der Waals surface area contributed by atoms with Crippen molar-refractivity contribution in [1.82, 2.24) is 14.2 Å². The molecular formula is C18H23N3O2S. The van der Waals surface area contributed by atoms with E-state index in [1.165, 1.54) is 5.56 Å². The van der Waals surface area contributed by atoms with Crippen molar-refractivity contribution < 1.29 is 8.42 Å². The number of pyridine rings is 1. The fourth-order valence-corrected chi connectivity index (χ4v) is 4.46. The third-order valence-electron chi connectivity index (χ3n) is 4.38. The zero-order chi connectivity index (χ0) is 16.8. The molecule has 0 aliphatic carbocycles. The van der Waals surface area contributed by atoms with Gasteiger partial charge in [-0.1, -0.05) is 30.3 Å². The molecule has 1 saturated heterocycles. The van der Waals surface area contributed by atoms with Crippen molar-refractivity contribution in [2.24, 2.45) is 0 Å². The minimum Gasteiger partial charge on any atom is -0.300 e. The van der Waals surface area contributed by atoms with Crippen LogP contribution in [0.2, 0.25) is 0 Å². The number of sulfonamides is 1. The van der Waals surface area contributed by atoms with Gasteiger partial charge in [-0.25, -0.2) is 8.42 Å². The fourth-order valence-electron chi connectivity index (χ4n) is 2.94. The van der Waals surface area contributed by atoms with Crippen LogP contribution in [0, 0.1) is 0 Å². The van der Waals surface area contributed by atoms with Gasteiger partial charge in [0.15, 0.2) is 0 Å². The molecular weight excluding hydrogens is 322 g/mol. The standard InChI is InChI=1S/C18H23N3O2S/c22-24(23,16-18-4-2-1-3-5-18)21-14-12-20(13-15-21)11-8-17-6-9-19-10-7-17/h1-7,9-10H,8,11-16H2. The first-order valence-electron chi connectivity index (χ1n) is 8.26. The minimum absolute atomic E-state index is 0.0882. The second-order valence-electron chi connectivity index (χ2n) is 6.09. The summed E-state index contributed by atoms with van der Waals surface area (Å²) in [6.45, 7) is 3.69. The first kappa shape index (κ1) is 17.1. The third-order valence-corrected chi connectivity index (χ3v) is 6.23. The average molecular weight is 345 g/mol. The number of rotatable bonds is 6. The maximum absolute atomic E-state index is 12.5. The molecule has 1 fully saturated rings. The largest absolute Gasteiger partial charge is 0.300 e. The molecule has 6 heteroatoms. The first-order chi connectivity index (χ1) is 11.6. The van der Waals surface area contributed by atoms with Crippen molar-refractivity contribution in [1.29, 1.82) is 0 Å². The molecule has 0 unspecified atom stereocenters. The second kappa shape index (κ2) is 7.88. The van der Waals surface area contributed by atoms with Crippen LogP contribution in [0.15, 0.2) is 54.9 Å². The predicted molar refractivity (Wildman–Crippen MR) is 95.0 cm³/mol. The molecule has 2 aromatic rings. The molecule has 2 heterocycles. The number of benzene rings is 1. The molecule has 1 aromatic heterocycles. The molecule has 0 radical (unpaired) electrons. The van der Waals surface area contributed by atoms with Crippen LogP contribution in [-0.4, -0.2) is 55.3 Å². The van der Waals surface area contributed by atoms with Gasteiger partial charge in [0.05, 0.1) is 5.75 Å². The molecule has 0 spiro atoms. The lowest BCUT2D eigenvalue weighted by atomic mass is 10.2. The summed E-state index contributed by atoms with van der Waals surface area (Å²) in [5.41, 5.74) is 2.11. The highest BCUT2D eigenvalue weighted by molar-refractivity contribution is 7.88. The Bertz CT molecular complexity index is 727. The quantitative estimate of drug-likeness (QED) is 0.801. The SMILES string of the molecule is O=S(=O)(Cc1ccccc1)N1CCN(CCc2ccncc2)CC1. The van der Waals surface area contributed by atoms with Crippen LogP contribution in [0.4, 0.5) is 0 Å². The van der Waals surface area contributed by atoms with Gasteiger partial charge in [0.25, 0.3) is 0 Å². The van der Waals surface area contributed by atoms with Crippen LogP contribution < -0.4 is 0 Å². The van der Waals surface area contributed by atoms with Crippen molar-refractivity contribution in [2.75, 3.05) is 32.7 Å². The van der Waals surface area contributed by atoms with Gasteiger partial charge in [-0.05, 0) is 29.7 Å². The molecule has 3 rings (SSSR count). The zero-order valence-corrected chi connectivity index (χ0v) is 14.5. The Morgan fingerprint density at radius 2 is 1.54 bits per heavy atom. The van der Waals surface area contributed by atoms with Gasteiger partial charge in [-0.15, -0.1) is 0 Å². The minimum atomic E-state index is -3.23. The van der Waals surface area contributed by atoms with Crippen LogP contribution in [0.25, 0.3) is 0 Å². The first-order valence-corrected chi connectivity index (χ1v) is 9.87. The van der Waals surface area contributed by atoms with Gasteiger partial charge in [-0.2, -0.15) is 4.31 Å². The molecule has 1 aliphatic heterocycles. The molecule has 0 amide bonds. The molecule has 5 nitrogen and oxygen atoms in total. The lowest BCUT2D eigenvalue weighted by molar-refractivity contribution is 0.190. The molecule has 1 aromatic carbocycles. The van der Waals surface area contributed by atoms with E-state index in [0.717, 1.165) is 31.6 Å². The molecule has 128 valence electrons. The Morgan fingerprint density at radius 3 is 2.21 bits per heavy atom. The van der Waals surface area contributed by atoms with Crippen LogP contribution in [0.3, 0.4) is 0 Å². The lowest BCUT2D eigenvalue weighted by Crippen LogP contribution is -2.49. The summed E-state index contributed by atoms with van der Waals surface area (Å²) in [4.78, 5) is 6.35. The van der Waals surface area contributed by atoms with Gasteiger partial charge in [0, 0.05) is 45.1 Å². The summed E-state index contributed by atoms with van der Waals surface area (Å²) in [7, 11) is -3.23. The van der Waals surface area contributed by atoms with E-state index in [0.29, 0.717) is 13.1 Å². The van der Waals surface area contributed by atoms with Gasteiger partial charge < -0.3 is 4.90 Å². The number of piperazine rings is 1. The molecule has 24 heavy (non-hydrogen) atoms. The van der Waals surface area contributed by atoms with E-state index in [9.17, 15) is 8.42 Å². The summed E-state index contributed by atoms with van der Waals surface area (Å²) < 4.78 is 26.7. The second-order valence-corrected chi connectivity index (χ2v) is 8.06. The Labute approximate surface area is 144 Å². The van der Waals surface area contributed by atoms with E-state index < -0.39 is 10.0 Å². The van der Waals surface area contributed by atoms with Crippen LogP contribution >= 0.6 is 0 Å².